The SMILES string of the molecule is CC1CN(Cc2ccc(C(=O)N3CCC(C)(CN)C3)cc2)CC(C)O1. The zero-order chi connectivity index (χ0) is 18.0. The predicted octanol–water partition coefficient (Wildman–Crippen LogP) is 2.11. The first-order valence-electron chi connectivity index (χ1n) is 9.35. The lowest BCUT2D eigenvalue weighted by Crippen LogP contribution is -2.44. The van der Waals surface area contributed by atoms with E-state index < -0.39 is 0 Å². The molecule has 0 saturated carbocycles. The van der Waals surface area contributed by atoms with Crippen LogP contribution in [0.1, 0.15) is 43.1 Å². The summed E-state index contributed by atoms with van der Waals surface area (Å²) in [5.41, 5.74) is 7.93. The molecule has 1 amide bonds. The third kappa shape index (κ3) is 4.40. The number of amides is 1. The summed E-state index contributed by atoms with van der Waals surface area (Å²) in [7, 11) is 0. The molecule has 0 aliphatic carbocycles. The van der Waals surface area contributed by atoms with Gasteiger partial charge in [0.15, 0.2) is 0 Å². The molecule has 0 radical (unpaired) electrons. The van der Waals surface area contributed by atoms with Gasteiger partial charge in [0.25, 0.3) is 5.91 Å². The minimum Gasteiger partial charge on any atom is -0.373 e. The number of hydrogen-bond acceptors (Lipinski definition) is 4. The Balaban J connectivity index is 1.59. The molecule has 1 aromatic carbocycles. The summed E-state index contributed by atoms with van der Waals surface area (Å²) < 4.78 is 5.79. The van der Waals surface area contributed by atoms with Gasteiger partial charge in [-0.25, -0.2) is 0 Å². The van der Waals surface area contributed by atoms with E-state index in [9.17, 15) is 4.79 Å². The maximum Gasteiger partial charge on any atom is 0.253 e. The normalized spacial score (nSPS) is 30.6. The lowest BCUT2D eigenvalue weighted by molar-refractivity contribution is -0.0704. The van der Waals surface area contributed by atoms with E-state index in [0.717, 1.165) is 44.7 Å². The number of benzene rings is 1. The van der Waals surface area contributed by atoms with Crippen LogP contribution in [0, 0.1) is 5.41 Å². The van der Waals surface area contributed by atoms with Gasteiger partial charge in [-0.1, -0.05) is 19.1 Å². The summed E-state index contributed by atoms with van der Waals surface area (Å²) in [6.45, 7) is 11.4. The van der Waals surface area contributed by atoms with Crippen LogP contribution in [0.25, 0.3) is 0 Å². The first-order chi connectivity index (χ1) is 11.9. The number of rotatable bonds is 4. The zero-order valence-corrected chi connectivity index (χ0v) is 15.7. The topological polar surface area (TPSA) is 58.8 Å². The van der Waals surface area contributed by atoms with E-state index in [4.69, 9.17) is 10.5 Å². The molecule has 138 valence electrons. The molecule has 0 spiro atoms. The third-order valence-electron chi connectivity index (χ3n) is 5.44. The van der Waals surface area contributed by atoms with E-state index in [1.54, 1.807) is 0 Å². The first-order valence-corrected chi connectivity index (χ1v) is 9.35. The standard InChI is InChI=1S/C20H31N3O2/c1-15-10-22(11-16(2)25-15)12-17-4-6-18(7-5-17)19(24)23-9-8-20(3,13-21)14-23/h4-7,15-16H,8-14,21H2,1-3H3. The fraction of sp³-hybridized carbons (Fsp3) is 0.650. The van der Waals surface area contributed by atoms with Crippen molar-refractivity contribution in [2.24, 2.45) is 11.1 Å². The lowest BCUT2D eigenvalue weighted by atomic mass is 9.90. The molecule has 0 aromatic heterocycles. The minimum atomic E-state index is 0.0688. The molecule has 5 nitrogen and oxygen atoms in total. The highest BCUT2D eigenvalue weighted by Crippen LogP contribution is 2.29. The second-order valence-electron chi connectivity index (χ2n) is 8.14. The molecule has 2 aliphatic rings. The Bertz CT molecular complexity index is 593. The van der Waals surface area contributed by atoms with Crippen LogP contribution in [0.15, 0.2) is 24.3 Å². The van der Waals surface area contributed by atoms with E-state index in [1.807, 2.05) is 17.0 Å². The van der Waals surface area contributed by atoms with E-state index in [0.29, 0.717) is 6.54 Å². The van der Waals surface area contributed by atoms with Gasteiger partial charge in [0.05, 0.1) is 12.2 Å². The molecular weight excluding hydrogens is 314 g/mol. The monoisotopic (exact) mass is 345 g/mol. The predicted molar refractivity (Wildman–Crippen MR) is 99.4 cm³/mol. The van der Waals surface area contributed by atoms with Crippen LogP contribution in [0.2, 0.25) is 0 Å². The summed E-state index contributed by atoms with van der Waals surface area (Å²) >= 11 is 0. The quantitative estimate of drug-likeness (QED) is 0.908. The molecule has 2 N–H and O–H groups in total. The van der Waals surface area contributed by atoms with Gasteiger partial charge in [0.2, 0.25) is 0 Å². The number of carbonyl (C=O) groups excluding carboxylic acids is 1. The van der Waals surface area contributed by atoms with Crippen LogP contribution in [0.4, 0.5) is 0 Å². The second-order valence-corrected chi connectivity index (χ2v) is 8.14. The smallest absolute Gasteiger partial charge is 0.253 e. The molecule has 3 unspecified atom stereocenters. The Morgan fingerprint density at radius 2 is 1.88 bits per heavy atom. The van der Waals surface area contributed by atoms with Crippen molar-refractivity contribution in [2.75, 3.05) is 32.7 Å². The molecular formula is C20H31N3O2. The summed E-state index contributed by atoms with van der Waals surface area (Å²) in [6, 6.07) is 8.08. The molecule has 1 aromatic rings. The van der Waals surface area contributed by atoms with Crippen molar-refractivity contribution in [3.63, 3.8) is 0 Å². The Hall–Kier alpha value is -1.43. The summed E-state index contributed by atoms with van der Waals surface area (Å²) in [6.07, 6.45) is 1.54. The van der Waals surface area contributed by atoms with Gasteiger partial charge < -0.3 is 15.4 Å². The highest BCUT2D eigenvalue weighted by molar-refractivity contribution is 5.94. The van der Waals surface area contributed by atoms with Crippen molar-refractivity contribution >= 4 is 5.91 Å². The molecule has 2 fully saturated rings. The van der Waals surface area contributed by atoms with Crippen molar-refractivity contribution in [3.05, 3.63) is 35.4 Å². The van der Waals surface area contributed by atoms with Crippen LogP contribution in [0.5, 0.6) is 0 Å². The minimum absolute atomic E-state index is 0.0688. The van der Waals surface area contributed by atoms with Crippen molar-refractivity contribution in [2.45, 2.75) is 45.9 Å². The highest BCUT2D eigenvalue weighted by atomic mass is 16.5. The van der Waals surface area contributed by atoms with Gasteiger partial charge in [0.1, 0.15) is 0 Å². The number of nitrogens with zero attached hydrogens (tertiary/aromatic N) is 2. The van der Waals surface area contributed by atoms with Gasteiger partial charge >= 0.3 is 0 Å². The van der Waals surface area contributed by atoms with Crippen molar-refractivity contribution in [3.8, 4) is 0 Å². The highest BCUT2D eigenvalue weighted by Gasteiger charge is 2.35. The van der Waals surface area contributed by atoms with E-state index in [2.05, 4.69) is 37.8 Å². The fourth-order valence-corrected chi connectivity index (χ4v) is 3.97. The van der Waals surface area contributed by atoms with Gasteiger partial charge in [-0.15, -0.1) is 0 Å². The molecule has 0 bridgehead atoms. The average Bonchev–Trinajstić information content (AvgIpc) is 2.97. The van der Waals surface area contributed by atoms with Crippen LogP contribution < -0.4 is 5.73 Å². The second kappa shape index (κ2) is 7.44. The lowest BCUT2D eigenvalue weighted by Gasteiger charge is -2.35. The molecule has 5 heteroatoms. The molecule has 2 aliphatic heterocycles. The number of carbonyl (C=O) groups is 1. The summed E-state index contributed by atoms with van der Waals surface area (Å²) in [4.78, 5) is 17.1. The summed E-state index contributed by atoms with van der Waals surface area (Å²) in [5, 5.41) is 0. The van der Waals surface area contributed by atoms with Gasteiger partial charge in [-0.05, 0) is 49.9 Å². The van der Waals surface area contributed by atoms with Gasteiger partial charge in [-0.3, -0.25) is 9.69 Å². The molecule has 2 heterocycles. The maximum absolute atomic E-state index is 12.7. The number of nitrogens with two attached hydrogens (primary N) is 1. The van der Waals surface area contributed by atoms with E-state index >= 15 is 0 Å². The largest absolute Gasteiger partial charge is 0.373 e. The third-order valence-corrected chi connectivity index (χ3v) is 5.44. The molecule has 3 rings (SSSR count). The van der Waals surface area contributed by atoms with E-state index in [-0.39, 0.29) is 23.5 Å². The van der Waals surface area contributed by atoms with Crippen LogP contribution in [-0.4, -0.2) is 60.6 Å². The number of ether oxygens (including phenoxy) is 1. The Morgan fingerprint density at radius 3 is 2.44 bits per heavy atom. The Labute approximate surface area is 151 Å². The Kier molecular flexibility index (Phi) is 5.46. The fourth-order valence-electron chi connectivity index (χ4n) is 3.97. The first kappa shape index (κ1) is 18.4. The molecule has 2 saturated heterocycles. The van der Waals surface area contributed by atoms with Crippen molar-refractivity contribution in [1.82, 2.24) is 9.80 Å². The van der Waals surface area contributed by atoms with Crippen molar-refractivity contribution < 1.29 is 9.53 Å². The molecule has 25 heavy (non-hydrogen) atoms. The zero-order valence-electron chi connectivity index (χ0n) is 15.7. The number of morpholine rings is 1. The van der Waals surface area contributed by atoms with Gasteiger partial charge in [-0.2, -0.15) is 0 Å². The maximum atomic E-state index is 12.7. The van der Waals surface area contributed by atoms with Crippen LogP contribution in [-0.2, 0) is 11.3 Å². The Morgan fingerprint density at radius 1 is 1.24 bits per heavy atom. The van der Waals surface area contributed by atoms with Crippen LogP contribution in [0.3, 0.4) is 0 Å². The average molecular weight is 345 g/mol. The molecule has 3 atom stereocenters. The van der Waals surface area contributed by atoms with Crippen molar-refractivity contribution in [1.29, 1.82) is 0 Å². The summed E-state index contributed by atoms with van der Waals surface area (Å²) in [5.74, 6) is 0.123. The number of hydrogen-bond donors (Lipinski definition) is 1. The van der Waals surface area contributed by atoms with Gasteiger partial charge in [0, 0.05) is 38.3 Å². The van der Waals surface area contributed by atoms with E-state index in [1.165, 1.54) is 5.56 Å². The van der Waals surface area contributed by atoms with Crippen LogP contribution >= 0.6 is 0 Å². The number of likely N-dealkylation sites (tertiary alicyclic amines) is 1.